The maximum atomic E-state index is 14.0. The number of benzene rings is 2. The quantitative estimate of drug-likeness (QED) is 0.160. The van der Waals surface area contributed by atoms with Gasteiger partial charge in [0.1, 0.15) is 5.75 Å². The topological polar surface area (TPSA) is 86.9 Å². The Morgan fingerprint density at radius 1 is 1.02 bits per heavy atom. The standard InChI is InChI=1S/C30H35F4N3O5/c1-20(2)40-24-14-12-21(13-15-24)22-9-8-10-23(17-22)37(27(38)41-29(18-39-19-29)30(32,33)34)16-7-5-6-11-25-35-26(42-36-25)28(3,4)31/h8-10,12-15,17,20H,5-7,11,16,18-19H2,1-4H3. The highest BCUT2D eigenvalue weighted by Crippen LogP contribution is 2.40. The van der Waals surface area contributed by atoms with Crippen molar-refractivity contribution in [3.8, 4) is 16.9 Å². The van der Waals surface area contributed by atoms with E-state index in [2.05, 4.69) is 10.1 Å². The van der Waals surface area contributed by atoms with Crippen LogP contribution in [-0.4, -0.2) is 53.9 Å². The Morgan fingerprint density at radius 3 is 2.31 bits per heavy atom. The van der Waals surface area contributed by atoms with E-state index in [1.54, 1.807) is 18.2 Å². The summed E-state index contributed by atoms with van der Waals surface area (Å²) in [7, 11) is 0. The SMILES string of the molecule is CC(C)Oc1ccc(-c2cccc(N(CCCCCc3noc(C(C)(C)F)n3)C(=O)OC3(C(F)(F)F)COC3)c2)cc1. The zero-order valence-electron chi connectivity index (χ0n) is 24.0. The molecule has 2 aromatic carbocycles. The Labute approximate surface area is 241 Å². The molecule has 1 saturated heterocycles. The van der Waals surface area contributed by atoms with Crippen LogP contribution in [0.3, 0.4) is 0 Å². The highest BCUT2D eigenvalue weighted by Gasteiger charge is 2.64. The number of rotatable bonds is 12. The first kappa shape index (κ1) is 31.3. The van der Waals surface area contributed by atoms with E-state index in [0.29, 0.717) is 42.9 Å². The largest absolute Gasteiger partial charge is 0.491 e. The molecule has 0 atom stereocenters. The molecule has 0 aliphatic carbocycles. The number of ether oxygens (including phenoxy) is 3. The van der Waals surface area contributed by atoms with Crippen LogP contribution in [0, 0.1) is 0 Å². The molecule has 0 spiro atoms. The predicted octanol–water partition coefficient (Wildman–Crippen LogP) is 7.42. The minimum absolute atomic E-state index is 0.0202. The Morgan fingerprint density at radius 2 is 1.74 bits per heavy atom. The van der Waals surface area contributed by atoms with E-state index < -0.39 is 36.8 Å². The molecular weight excluding hydrogens is 558 g/mol. The number of hydrogen-bond acceptors (Lipinski definition) is 7. The number of carbonyl (C=O) groups excluding carboxylic acids is 1. The van der Waals surface area contributed by atoms with Gasteiger partial charge in [-0.3, -0.25) is 4.90 Å². The van der Waals surface area contributed by atoms with Gasteiger partial charge >= 0.3 is 12.3 Å². The molecule has 0 bridgehead atoms. The lowest BCUT2D eigenvalue weighted by Crippen LogP contribution is -2.64. The van der Waals surface area contributed by atoms with Crippen LogP contribution < -0.4 is 9.64 Å². The van der Waals surface area contributed by atoms with Crippen molar-refractivity contribution >= 4 is 11.8 Å². The third-order valence-corrected chi connectivity index (χ3v) is 6.67. The molecule has 42 heavy (non-hydrogen) atoms. The summed E-state index contributed by atoms with van der Waals surface area (Å²) in [4.78, 5) is 18.5. The summed E-state index contributed by atoms with van der Waals surface area (Å²) in [6.45, 7) is 5.11. The first-order valence-corrected chi connectivity index (χ1v) is 13.8. The van der Waals surface area contributed by atoms with Gasteiger partial charge in [0.15, 0.2) is 11.5 Å². The van der Waals surface area contributed by atoms with Gasteiger partial charge in [0.25, 0.3) is 11.5 Å². The lowest BCUT2D eigenvalue weighted by Gasteiger charge is -2.42. The van der Waals surface area contributed by atoms with Crippen molar-refractivity contribution in [2.45, 2.75) is 76.9 Å². The van der Waals surface area contributed by atoms with Crippen LogP contribution in [0.5, 0.6) is 5.75 Å². The maximum Gasteiger partial charge on any atom is 0.433 e. The number of nitrogens with zero attached hydrogens (tertiary/aromatic N) is 3. The van der Waals surface area contributed by atoms with Crippen LogP contribution in [0.4, 0.5) is 28.0 Å². The molecule has 0 N–H and O–H groups in total. The Bertz CT molecular complexity index is 1330. The van der Waals surface area contributed by atoms with Crippen LogP contribution in [-0.2, 0) is 21.6 Å². The van der Waals surface area contributed by atoms with E-state index in [1.807, 2.05) is 44.2 Å². The third-order valence-electron chi connectivity index (χ3n) is 6.67. The number of aryl methyl sites for hydroxylation is 1. The summed E-state index contributed by atoms with van der Waals surface area (Å²) in [5.41, 5.74) is -2.42. The van der Waals surface area contributed by atoms with E-state index in [9.17, 15) is 22.4 Å². The van der Waals surface area contributed by atoms with Gasteiger partial charge in [-0.15, -0.1) is 0 Å². The van der Waals surface area contributed by atoms with Gasteiger partial charge in [0, 0.05) is 18.7 Å². The number of halogens is 4. The number of anilines is 1. The molecule has 1 aromatic heterocycles. The predicted molar refractivity (Wildman–Crippen MR) is 147 cm³/mol. The van der Waals surface area contributed by atoms with Crippen LogP contribution >= 0.6 is 0 Å². The van der Waals surface area contributed by atoms with E-state index in [0.717, 1.165) is 11.1 Å². The molecule has 0 saturated carbocycles. The number of hydrogen-bond donors (Lipinski definition) is 0. The second kappa shape index (κ2) is 12.7. The normalized spacial score (nSPS) is 14.9. The molecule has 1 aliphatic rings. The monoisotopic (exact) mass is 593 g/mol. The minimum Gasteiger partial charge on any atom is -0.491 e. The lowest BCUT2D eigenvalue weighted by atomic mass is 10.0. The van der Waals surface area contributed by atoms with Crippen molar-refractivity contribution in [1.29, 1.82) is 0 Å². The number of aromatic nitrogens is 2. The fourth-order valence-corrected chi connectivity index (χ4v) is 4.29. The van der Waals surface area contributed by atoms with Crippen molar-refractivity contribution in [2.75, 3.05) is 24.7 Å². The molecule has 3 aromatic rings. The zero-order valence-corrected chi connectivity index (χ0v) is 24.0. The Hall–Kier alpha value is -3.67. The minimum atomic E-state index is -4.77. The molecule has 0 radical (unpaired) electrons. The molecule has 8 nitrogen and oxygen atoms in total. The average Bonchev–Trinajstić information content (AvgIpc) is 3.37. The molecule has 12 heteroatoms. The number of unbranched alkanes of at least 4 members (excludes halogenated alkanes) is 2. The van der Waals surface area contributed by atoms with Crippen LogP contribution in [0.25, 0.3) is 11.1 Å². The molecule has 1 fully saturated rings. The van der Waals surface area contributed by atoms with Gasteiger partial charge in [-0.1, -0.05) is 35.8 Å². The van der Waals surface area contributed by atoms with E-state index in [1.165, 1.54) is 18.7 Å². The summed E-state index contributed by atoms with van der Waals surface area (Å²) >= 11 is 0. The molecule has 1 aliphatic heterocycles. The number of alkyl halides is 4. The molecule has 2 heterocycles. The van der Waals surface area contributed by atoms with Crippen molar-refractivity contribution in [3.63, 3.8) is 0 Å². The summed E-state index contributed by atoms with van der Waals surface area (Å²) in [5.74, 6) is 0.967. The van der Waals surface area contributed by atoms with Gasteiger partial charge < -0.3 is 18.7 Å². The van der Waals surface area contributed by atoms with Crippen molar-refractivity contribution in [2.24, 2.45) is 0 Å². The summed E-state index contributed by atoms with van der Waals surface area (Å²) in [6.07, 6.45) is -3.80. The van der Waals surface area contributed by atoms with E-state index >= 15 is 0 Å². The Balaban J connectivity index is 1.47. The van der Waals surface area contributed by atoms with Gasteiger partial charge in [0.05, 0.1) is 19.3 Å². The van der Waals surface area contributed by atoms with Gasteiger partial charge in [0.2, 0.25) is 0 Å². The Kier molecular flexibility index (Phi) is 9.44. The third kappa shape index (κ3) is 7.58. The van der Waals surface area contributed by atoms with Crippen LogP contribution in [0.2, 0.25) is 0 Å². The summed E-state index contributed by atoms with van der Waals surface area (Å²) in [6, 6.07) is 14.4. The lowest BCUT2D eigenvalue weighted by molar-refractivity contribution is -0.330. The molecule has 4 rings (SSSR count). The van der Waals surface area contributed by atoms with Crippen molar-refractivity contribution in [3.05, 3.63) is 60.2 Å². The second-order valence-electron chi connectivity index (χ2n) is 11.0. The van der Waals surface area contributed by atoms with Crippen LogP contribution in [0.15, 0.2) is 53.1 Å². The highest BCUT2D eigenvalue weighted by molar-refractivity contribution is 5.89. The molecule has 0 unspecified atom stereocenters. The molecule has 228 valence electrons. The summed E-state index contributed by atoms with van der Waals surface area (Å²) in [5, 5.41) is 3.79. The second-order valence-corrected chi connectivity index (χ2v) is 11.0. The van der Waals surface area contributed by atoms with Crippen LogP contribution in [0.1, 0.15) is 58.7 Å². The zero-order chi connectivity index (χ0) is 30.5. The fourth-order valence-electron chi connectivity index (χ4n) is 4.29. The van der Waals surface area contributed by atoms with E-state index in [-0.39, 0.29) is 18.5 Å². The molecule has 1 amide bonds. The number of amides is 1. The van der Waals surface area contributed by atoms with Crippen molar-refractivity contribution in [1.82, 2.24) is 10.1 Å². The van der Waals surface area contributed by atoms with E-state index in [4.69, 9.17) is 18.7 Å². The van der Waals surface area contributed by atoms with Gasteiger partial charge in [-0.05, 0) is 75.9 Å². The summed E-state index contributed by atoms with van der Waals surface area (Å²) < 4.78 is 75.7. The van der Waals surface area contributed by atoms with Crippen molar-refractivity contribution < 1.29 is 41.1 Å². The highest BCUT2D eigenvalue weighted by atomic mass is 19.4. The average molecular weight is 594 g/mol. The first-order chi connectivity index (χ1) is 19.8. The fraction of sp³-hybridized carbons (Fsp3) is 0.500. The smallest absolute Gasteiger partial charge is 0.433 e. The van der Waals surface area contributed by atoms with Gasteiger partial charge in [-0.25, -0.2) is 9.18 Å². The molecular formula is C30H35F4N3O5. The van der Waals surface area contributed by atoms with Gasteiger partial charge in [-0.2, -0.15) is 18.2 Å². The first-order valence-electron chi connectivity index (χ1n) is 13.8. The maximum absolute atomic E-state index is 14.0. The number of carbonyl (C=O) groups is 1.